The first kappa shape index (κ1) is 21.2. The Bertz CT molecular complexity index is 1070. The molecule has 0 bridgehead atoms. The standard InChI is InChI=1S/C30H38/c1-28(2,3)21-14-15-22-20(16-21)17-24-23(22)18-25(29(4,5)6)27(30(7,8)9)26(24)19-12-10-11-13-19/h10-12,14-16,18H,13,17H2,1-9H3. The van der Waals surface area contributed by atoms with Crippen LogP contribution in [0.15, 0.2) is 42.5 Å². The summed E-state index contributed by atoms with van der Waals surface area (Å²) in [4.78, 5) is 0. The molecule has 0 amide bonds. The lowest BCUT2D eigenvalue weighted by molar-refractivity contribution is 0.528. The van der Waals surface area contributed by atoms with Crippen LogP contribution in [-0.4, -0.2) is 0 Å². The monoisotopic (exact) mass is 398 g/mol. The first-order chi connectivity index (χ1) is 13.8. The summed E-state index contributed by atoms with van der Waals surface area (Å²) in [5.41, 5.74) is 13.8. The molecule has 0 aromatic heterocycles. The van der Waals surface area contributed by atoms with Crippen molar-refractivity contribution in [2.24, 2.45) is 0 Å². The molecule has 0 unspecified atom stereocenters. The van der Waals surface area contributed by atoms with Crippen molar-refractivity contribution in [3.63, 3.8) is 0 Å². The summed E-state index contributed by atoms with van der Waals surface area (Å²) in [5.74, 6) is 0. The van der Waals surface area contributed by atoms with Gasteiger partial charge in [-0.25, -0.2) is 0 Å². The molecular weight excluding hydrogens is 360 g/mol. The van der Waals surface area contributed by atoms with Crippen LogP contribution in [0.1, 0.15) is 102 Å². The molecule has 0 nitrogen and oxygen atoms in total. The fraction of sp³-hybridized carbons (Fsp3) is 0.467. The number of fused-ring (bicyclic) bond motifs is 3. The summed E-state index contributed by atoms with van der Waals surface area (Å²) >= 11 is 0. The maximum absolute atomic E-state index is 2.53. The zero-order valence-electron chi connectivity index (χ0n) is 20.5. The highest BCUT2D eigenvalue weighted by molar-refractivity contribution is 5.88. The van der Waals surface area contributed by atoms with Gasteiger partial charge < -0.3 is 0 Å². The van der Waals surface area contributed by atoms with Gasteiger partial charge in [0.15, 0.2) is 0 Å². The van der Waals surface area contributed by atoms with E-state index in [9.17, 15) is 0 Å². The van der Waals surface area contributed by atoms with Gasteiger partial charge in [-0.05, 0) is 85.2 Å². The minimum atomic E-state index is 0.0990. The van der Waals surface area contributed by atoms with Crippen molar-refractivity contribution in [3.8, 4) is 11.1 Å². The summed E-state index contributed by atoms with van der Waals surface area (Å²) in [6.07, 6.45) is 8.98. The van der Waals surface area contributed by atoms with E-state index in [1.165, 1.54) is 39.0 Å². The third-order valence-corrected chi connectivity index (χ3v) is 6.71. The molecule has 2 aliphatic rings. The molecule has 0 heterocycles. The van der Waals surface area contributed by atoms with Gasteiger partial charge >= 0.3 is 0 Å². The molecule has 0 heteroatoms. The van der Waals surface area contributed by atoms with Crippen LogP contribution in [0.2, 0.25) is 0 Å². The molecule has 0 aliphatic heterocycles. The quantitative estimate of drug-likeness (QED) is 0.385. The van der Waals surface area contributed by atoms with Crippen LogP contribution in [0.3, 0.4) is 0 Å². The van der Waals surface area contributed by atoms with E-state index in [2.05, 4.69) is 105 Å². The van der Waals surface area contributed by atoms with E-state index in [-0.39, 0.29) is 16.2 Å². The van der Waals surface area contributed by atoms with Crippen molar-refractivity contribution in [2.45, 2.75) is 91.4 Å². The Morgan fingerprint density at radius 3 is 1.97 bits per heavy atom. The largest absolute Gasteiger partial charge is 0.0801 e. The van der Waals surface area contributed by atoms with Crippen LogP contribution in [-0.2, 0) is 22.7 Å². The Morgan fingerprint density at radius 2 is 1.43 bits per heavy atom. The van der Waals surface area contributed by atoms with Gasteiger partial charge in [-0.15, -0.1) is 0 Å². The number of allylic oxidation sites excluding steroid dienone is 4. The van der Waals surface area contributed by atoms with Crippen LogP contribution < -0.4 is 0 Å². The van der Waals surface area contributed by atoms with Crippen molar-refractivity contribution in [2.75, 3.05) is 0 Å². The third kappa shape index (κ3) is 3.49. The molecule has 0 fully saturated rings. The van der Waals surface area contributed by atoms with Gasteiger partial charge in [0.2, 0.25) is 0 Å². The van der Waals surface area contributed by atoms with E-state index in [0.717, 1.165) is 12.8 Å². The molecule has 0 saturated carbocycles. The highest BCUT2D eigenvalue weighted by atomic mass is 14.4. The van der Waals surface area contributed by atoms with Gasteiger partial charge in [0, 0.05) is 0 Å². The Balaban J connectivity index is 2.04. The molecule has 2 aromatic rings. The van der Waals surface area contributed by atoms with Crippen LogP contribution in [0.25, 0.3) is 16.7 Å². The maximum atomic E-state index is 2.53. The Morgan fingerprint density at radius 1 is 0.733 bits per heavy atom. The lowest BCUT2D eigenvalue weighted by Crippen LogP contribution is -2.25. The molecule has 0 spiro atoms. The second-order valence-corrected chi connectivity index (χ2v) is 12.3. The van der Waals surface area contributed by atoms with Crippen molar-refractivity contribution in [1.29, 1.82) is 0 Å². The number of hydrogen-bond acceptors (Lipinski definition) is 0. The van der Waals surface area contributed by atoms with Crippen LogP contribution in [0.4, 0.5) is 0 Å². The lowest BCUT2D eigenvalue weighted by atomic mass is 9.70. The summed E-state index contributed by atoms with van der Waals surface area (Å²) in [5, 5.41) is 0. The minimum Gasteiger partial charge on any atom is -0.0801 e. The van der Waals surface area contributed by atoms with E-state index in [1.807, 2.05) is 0 Å². The van der Waals surface area contributed by atoms with E-state index >= 15 is 0 Å². The summed E-state index contributed by atoms with van der Waals surface area (Å²) in [6.45, 7) is 21.2. The van der Waals surface area contributed by atoms with Crippen LogP contribution in [0, 0.1) is 0 Å². The molecular formula is C30H38. The smallest absolute Gasteiger partial charge is 0.000719 e. The van der Waals surface area contributed by atoms with Crippen LogP contribution in [0.5, 0.6) is 0 Å². The highest BCUT2D eigenvalue weighted by Crippen LogP contribution is 2.49. The summed E-state index contributed by atoms with van der Waals surface area (Å²) in [7, 11) is 0. The van der Waals surface area contributed by atoms with Gasteiger partial charge in [0.25, 0.3) is 0 Å². The summed E-state index contributed by atoms with van der Waals surface area (Å²) < 4.78 is 0. The summed E-state index contributed by atoms with van der Waals surface area (Å²) in [6, 6.07) is 9.73. The normalized spacial score (nSPS) is 16.0. The van der Waals surface area contributed by atoms with Gasteiger partial charge in [-0.1, -0.05) is 98.7 Å². The second kappa shape index (κ2) is 6.71. The zero-order valence-corrected chi connectivity index (χ0v) is 20.5. The van der Waals surface area contributed by atoms with Crippen molar-refractivity contribution >= 4 is 5.57 Å². The SMILES string of the molecule is CC(C)(C)c1ccc2c(c1)Cc1c-2cc(C(C)(C)C)c(C(C)(C)C)c1C1=CC=CC1. The first-order valence-corrected chi connectivity index (χ1v) is 11.5. The second-order valence-electron chi connectivity index (χ2n) is 12.3. The molecule has 2 aliphatic carbocycles. The fourth-order valence-electron chi connectivity index (χ4n) is 5.16. The molecule has 0 radical (unpaired) electrons. The van der Waals surface area contributed by atoms with Crippen molar-refractivity contribution in [3.05, 3.63) is 75.9 Å². The first-order valence-electron chi connectivity index (χ1n) is 11.5. The molecule has 30 heavy (non-hydrogen) atoms. The van der Waals surface area contributed by atoms with Gasteiger partial charge in [0.05, 0.1) is 0 Å². The topological polar surface area (TPSA) is 0 Å². The molecule has 0 atom stereocenters. The molecule has 2 aromatic carbocycles. The average Bonchev–Trinajstić information content (AvgIpc) is 3.24. The molecule has 158 valence electrons. The Hall–Kier alpha value is -2.08. The van der Waals surface area contributed by atoms with Crippen LogP contribution >= 0.6 is 0 Å². The van der Waals surface area contributed by atoms with Crippen molar-refractivity contribution < 1.29 is 0 Å². The predicted molar refractivity (Wildman–Crippen MR) is 133 cm³/mol. The number of rotatable bonds is 1. The third-order valence-electron chi connectivity index (χ3n) is 6.71. The molecule has 0 saturated heterocycles. The fourth-order valence-corrected chi connectivity index (χ4v) is 5.16. The molecule has 0 N–H and O–H groups in total. The highest BCUT2D eigenvalue weighted by Gasteiger charge is 2.35. The number of benzene rings is 2. The van der Waals surface area contributed by atoms with E-state index in [0.29, 0.717) is 0 Å². The lowest BCUT2D eigenvalue weighted by Gasteiger charge is -2.34. The van der Waals surface area contributed by atoms with Crippen molar-refractivity contribution in [1.82, 2.24) is 0 Å². The van der Waals surface area contributed by atoms with E-state index in [4.69, 9.17) is 0 Å². The van der Waals surface area contributed by atoms with Gasteiger partial charge in [-0.2, -0.15) is 0 Å². The van der Waals surface area contributed by atoms with Gasteiger partial charge in [-0.3, -0.25) is 0 Å². The molecule has 4 rings (SSSR count). The number of hydrogen-bond donors (Lipinski definition) is 0. The minimum absolute atomic E-state index is 0.0990. The zero-order chi connectivity index (χ0) is 22.1. The predicted octanol–water partition coefficient (Wildman–Crippen LogP) is 8.49. The maximum Gasteiger partial charge on any atom is -0.000719 e. The Labute approximate surface area is 184 Å². The Kier molecular flexibility index (Phi) is 4.73. The van der Waals surface area contributed by atoms with E-state index < -0.39 is 0 Å². The van der Waals surface area contributed by atoms with Gasteiger partial charge in [0.1, 0.15) is 0 Å². The van der Waals surface area contributed by atoms with E-state index in [1.54, 1.807) is 11.1 Å². The average molecular weight is 399 g/mol.